The fraction of sp³-hybridized carbons (Fsp3) is 0.684. The summed E-state index contributed by atoms with van der Waals surface area (Å²) in [4.78, 5) is 2.84. The molecule has 21 heavy (non-hydrogen) atoms. The predicted molar refractivity (Wildman–Crippen MR) is 89.6 cm³/mol. The molecule has 0 amide bonds. The van der Waals surface area contributed by atoms with Gasteiger partial charge in [0.15, 0.2) is 0 Å². The van der Waals surface area contributed by atoms with E-state index in [1.165, 1.54) is 63.6 Å². The Kier molecular flexibility index (Phi) is 4.97. The normalized spacial score (nSPS) is 24.0. The van der Waals surface area contributed by atoms with E-state index in [4.69, 9.17) is 0 Å². The Balaban J connectivity index is 1.80. The van der Waals surface area contributed by atoms with E-state index in [0.717, 1.165) is 6.42 Å². The highest BCUT2D eigenvalue weighted by Crippen LogP contribution is 2.40. The Morgan fingerprint density at radius 3 is 2.29 bits per heavy atom. The van der Waals surface area contributed by atoms with Crippen molar-refractivity contribution >= 4 is 0 Å². The van der Waals surface area contributed by atoms with Crippen molar-refractivity contribution < 1.29 is 0 Å². The highest BCUT2D eigenvalue weighted by Gasteiger charge is 2.45. The fourth-order valence-corrected chi connectivity index (χ4v) is 4.62. The quantitative estimate of drug-likeness (QED) is 0.889. The van der Waals surface area contributed by atoms with E-state index in [-0.39, 0.29) is 0 Å². The van der Waals surface area contributed by atoms with Crippen LogP contribution in [0.3, 0.4) is 0 Å². The Morgan fingerprint density at radius 2 is 1.67 bits per heavy atom. The molecule has 0 aromatic heterocycles. The molecule has 2 heteroatoms. The zero-order valence-electron chi connectivity index (χ0n) is 13.5. The van der Waals surface area contributed by atoms with Gasteiger partial charge in [0.2, 0.25) is 0 Å². The van der Waals surface area contributed by atoms with E-state index in [1.807, 2.05) is 0 Å². The summed E-state index contributed by atoms with van der Waals surface area (Å²) in [5.41, 5.74) is 1.88. The first-order valence-corrected chi connectivity index (χ1v) is 8.81. The number of likely N-dealkylation sites (tertiary alicyclic amines) is 1. The van der Waals surface area contributed by atoms with Crippen molar-refractivity contribution in [1.82, 2.24) is 10.2 Å². The van der Waals surface area contributed by atoms with Gasteiger partial charge in [-0.3, -0.25) is 4.90 Å². The van der Waals surface area contributed by atoms with Crippen molar-refractivity contribution in [2.24, 2.45) is 0 Å². The molecule has 1 aromatic rings. The molecule has 1 aliphatic carbocycles. The van der Waals surface area contributed by atoms with Crippen LogP contribution in [0.1, 0.15) is 50.5 Å². The first kappa shape index (κ1) is 15.1. The predicted octanol–water partition coefficient (Wildman–Crippen LogP) is 3.62. The minimum absolute atomic E-state index is 0.408. The van der Waals surface area contributed by atoms with Gasteiger partial charge in [-0.2, -0.15) is 0 Å². The molecule has 2 aliphatic rings. The third-order valence-electron chi connectivity index (χ3n) is 5.73. The monoisotopic (exact) mass is 286 g/mol. The number of likely N-dealkylation sites (N-methyl/N-ethyl adjacent to an activating group) is 1. The van der Waals surface area contributed by atoms with Crippen LogP contribution in [0.5, 0.6) is 0 Å². The van der Waals surface area contributed by atoms with Crippen LogP contribution in [0.2, 0.25) is 0 Å². The Bertz CT molecular complexity index is 416. The molecule has 1 aromatic carbocycles. The Morgan fingerprint density at radius 1 is 1.00 bits per heavy atom. The second-order valence-corrected chi connectivity index (χ2v) is 6.89. The third kappa shape index (κ3) is 3.17. The number of piperidine rings is 1. The summed E-state index contributed by atoms with van der Waals surface area (Å²) < 4.78 is 0. The van der Waals surface area contributed by atoms with Gasteiger partial charge in [-0.25, -0.2) is 0 Å². The van der Waals surface area contributed by atoms with Crippen LogP contribution in [0.4, 0.5) is 0 Å². The van der Waals surface area contributed by atoms with E-state index < -0.39 is 0 Å². The molecule has 0 radical (unpaired) electrons. The molecule has 0 spiro atoms. The van der Waals surface area contributed by atoms with Crippen LogP contribution >= 0.6 is 0 Å². The third-order valence-corrected chi connectivity index (χ3v) is 5.73. The van der Waals surface area contributed by atoms with E-state index in [2.05, 4.69) is 47.6 Å². The molecule has 1 saturated carbocycles. The van der Waals surface area contributed by atoms with E-state index >= 15 is 0 Å². The van der Waals surface area contributed by atoms with Gasteiger partial charge in [0.25, 0.3) is 0 Å². The first-order chi connectivity index (χ1) is 10.3. The minimum atomic E-state index is 0.408. The zero-order chi connectivity index (χ0) is 14.5. The smallest absolute Gasteiger partial charge is 0.0365 e. The summed E-state index contributed by atoms with van der Waals surface area (Å²) in [6, 6.07) is 11.6. The molecule has 1 unspecified atom stereocenters. The lowest BCUT2D eigenvalue weighted by atomic mass is 9.81. The summed E-state index contributed by atoms with van der Waals surface area (Å²) in [7, 11) is 2.16. The van der Waals surface area contributed by atoms with Crippen molar-refractivity contribution in [3.05, 3.63) is 35.9 Å². The summed E-state index contributed by atoms with van der Waals surface area (Å²) in [5.74, 6) is 0. The lowest BCUT2D eigenvalue weighted by molar-refractivity contribution is 0.0389. The Hall–Kier alpha value is -0.860. The van der Waals surface area contributed by atoms with E-state index in [0.29, 0.717) is 11.6 Å². The second kappa shape index (κ2) is 6.93. The molecule has 1 aliphatic heterocycles. The molecular formula is C19H30N2. The summed E-state index contributed by atoms with van der Waals surface area (Å²) in [6.07, 6.45) is 10.9. The van der Waals surface area contributed by atoms with Crippen molar-refractivity contribution in [3.63, 3.8) is 0 Å². The zero-order valence-corrected chi connectivity index (χ0v) is 13.5. The molecule has 3 rings (SSSR count). The number of hydrogen-bond donors (Lipinski definition) is 1. The average molecular weight is 286 g/mol. The van der Waals surface area contributed by atoms with Crippen LogP contribution < -0.4 is 5.32 Å². The van der Waals surface area contributed by atoms with Gasteiger partial charge in [0, 0.05) is 11.6 Å². The van der Waals surface area contributed by atoms with Crippen molar-refractivity contribution in [2.75, 3.05) is 20.1 Å². The maximum atomic E-state index is 3.69. The van der Waals surface area contributed by atoms with Gasteiger partial charge in [-0.15, -0.1) is 0 Å². The first-order valence-electron chi connectivity index (χ1n) is 8.81. The molecule has 1 heterocycles. The summed E-state index contributed by atoms with van der Waals surface area (Å²) >= 11 is 0. The lowest BCUT2D eigenvalue weighted by Crippen LogP contribution is -2.61. The number of nitrogens with one attached hydrogen (secondary N) is 1. The Labute approximate surface area is 129 Å². The number of nitrogens with zero attached hydrogens (tertiary/aromatic N) is 1. The molecular weight excluding hydrogens is 256 g/mol. The molecule has 2 nitrogen and oxygen atoms in total. The van der Waals surface area contributed by atoms with Crippen LogP contribution in [-0.4, -0.2) is 36.6 Å². The van der Waals surface area contributed by atoms with Gasteiger partial charge < -0.3 is 5.32 Å². The van der Waals surface area contributed by atoms with Gasteiger partial charge in [0.05, 0.1) is 0 Å². The van der Waals surface area contributed by atoms with Crippen molar-refractivity contribution in [3.8, 4) is 0 Å². The summed E-state index contributed by atoms with van der Waals surface area (Å²) in [5, 5.41) is 3.69. The second-order valence-electron chi connectivity index (χ2n) is 6.89. The lowest BCUT2D eigenvalue weighted by Gasteiger charge is -2.48. The van der Waals surface area contributed by atoms with Gasteiger partial charge in [0.1, 0.15) is 0 Å². The van der Waals surface area contributed by atoms with Crippen LogP contribution in [-0.2, 0) is 6.42 Å². The number of benzene rings is 1. The molecule has 2 fully saturated rings. The highest BCUT2D eigenvalue weighted by atomic mass is 15.2. The SMILES string of the molecule is CNC(Cc1ccccc1)C1(N2CCCCC2)CCCC1. The molecule has 0 bridgehead atoms. The van der Waals surface area contributed by atoms with Gasteiger partial charge in [-0.1, -0.05) is 49.6 Å². The maximum absolute atomic E-state index is 3.69. The highest BCUT2D eigenvalue weighted by molar-refractivity contribution is 5.18. The largest absolute Gasteiger partial charge is 0.315 e. The fourth-order valence-electron chi connectivity index (χ4n) is 4.62. The van der Waals surface area contributed by atoms with E-state index in [9.17, 15) is 0 Å². The summed E-state index contributed by atoms with van der Waals surface area (Å²) in [6.45, 7) is 2.62. The number of hydrogen-bond acceptors (Lipinski definition) is 2. The van der Waals surface area contributed by atoms with Crippen LogP contribution in [0, 0.1) is 0 Å². The van der Waals surface area contributed by atoms with Crippen LogP contribution in [0.25, 0.3) is 0 Å². The van der Waals surface area contributed by atoms with E-state index in [1.54, 1.807) is 0 Å². The molecule has 116 valence electrons. The van der Waals surface area contributed by atoms with Crippen molar-refractivity contribution in [2.45, 2.75) is 62.9 Å². The van der Waals surface area contributed by atoms with Crippen LogP contribution in [0.15, 0.2) is 30.3 Å². The van der Waals surface area contributed by atoms with Gasteiger partial charge >= 0.3 is 0 Å². The molecule has 1 atom stereocenters. The topological polar surface area (TPSA) is 15.3 Å². The minimum Gasteiger partial charge on any atom is -0.315 e. The average Bonchev–Trinajstić information content (AvgIpc) is 3.05. The molecule has 1 saturated heterocycles. The maximum Gasteiger partial charge on any atom is 0.0365 e. The number of rotatable bonds is 5. The van der Waals surface area contributed by atoms with Crippen molar-refractivity contribution in [1.29, 1.82) is 0 Å². The molecule has 1 N–H and O–H groups in total. The standard InChI is InChI=1S/C19H30N2/c1-20-18(16-17-10-4-2-5-11-17)19(12-6-7-13-19)21-14-8-3-9-15-21/h2,4-5,10-11,18,20H,3,6-9,12-16H2,1H3. The van der Waals surface area contributed by atoms with Gasteiger partial charge in [-0.05, 0) is 57.8 Å².